The van der Waals surface area contributed by atoms with Gasteiger partial charge in [0, 0.05) is 23.0 Å². The molecule has 2 aromatic carbocycles. The van der Waals surface area contributed by atoms with E-state index in [1.807, 2.05) is 42.5 Å². The lowest BCUT2D eigenvalue weighted by molar-refractivity contribution is 0.977. The molecule has 0 unspecified atom stereocenters. The number of hydrogen-bond acceptors (Lipinski definition) is 4. The Morgan fingerprint density at radius 1 is 1.00 bits per heavy atom. The fourth-order valence-corrected chi connectivity index (χ4v) is 2.17. The van der Waals surface area contributed by atoms with Crippen LogP contribution in [0, 0.1) is 0 Å². The van der Waals surface area contributed by atoms with Crippen molar-refractivity contribution in [1.82, 2.24) is 10.2 Å². The summed E-state index contributed by atoms with van der Waals surface area (Å²) in [6.45, 7) is 0.812. The van der Waals surface area contributed by atoms with Crippen LogP contribution in [-0.2, 0) is 6.42 Å². The van der Waals surface area contributed by atoms with Gasteiger partial charge in [-0.3, -0.25) is 0 Å². The number of hydrogen-bond donors (Lipinski definition) is 2. The second-order valence-corrected chi connectivity index (χ2v) is 4.70. The van der Waals surface area contributed by atoms with Gasteiger partial charge in [-0.1, -0.05) is 36.4 Å². The van der Waals surface area contributed by atoms with Crippen LogP contribution in [0.2, 0.25) is 0 Å². The topological polar surface area (TPSA) is 63.8 Å². The van der Waals surface area contributed by atoms with E-state index in [0.717, 1.165) is 35.2 Å². The molecule has 4 nitrogen and oxygen atoms in total. The zero-order valence-electron chi connectivity index (χ0n) is 11.1. The standard InChI is InChI=1S/C16H16N4/c17-14-7-5-12(6-8-14)9-10-18-16-15-4-2-1-3-13(15)11-19-20-16/h1-8,11H,9-10,17H2,(H,18,20). The Hall–Kier alpha value is -2.62. The molecule has 1 aromatic heterocycles. The van der Waals surface area contributed by atoms with Crippen LogP contribution in [0.3, 0.4) is 0 Å². The Labute approximate surface area is 117 Å². The van der Waals surface area contributed by atoms with E-state index in [1.54, 1.807) is 6.20 Å². The fraction of sp³-hybridized carbons (Fsp3) is 0.125. The average molecular weight is 264 g/mol. The van der Waals surface area contributed by atoms with Crippen molar-refractivity contribution in [3.63, 3.8) is 0 Å². The van der Waals surface area contributed by atoms with Crippen LogP contribution >= 0.6 is 0 Å². The lowest BCUT2D eigenvalue weighted by Gasteiger charge is -2.08. The van der Waals surface area contributed by atoms with E-state index in [-0.39, 0.29) is 0 Å². The third kappa shape index (κ3) is 2.69. The number of aromatic nitrogens is 2. The summed E-state index contributed by atoms with van der Waals surface area (Å²) in [6, 6.07) is 16.0. The van der Waals surface area contributed by atoms with Crippen molar-refractivity contribution < 1.29 is 0 Å². The number of benzene rings is 2. The molecule has 1 heterocycles. The number of nitrogens with one attached hydrogen (secondary N) is 1. The predicted molar refractivity (Wildman–Crippen MR) is 82.6 cm³/mol. The Balaban J connectivity index is 1.69. The molecule has 20 heavy (non-hydrogen) atoms. The van der Waals surface area contributed by atoms with E-state index in [4.69, 9.17) is 5.73 Å². The van der Waals surface area contributed by atoms with Gasteiger partial charge in [-0.2, -0.15) is 5.10 Å². The molecule has 0 aliphatic carbocycles. The molecule has 3 rings (SSSR count). The molecule has 0 aliphatic heterocycles. The molecule has 0 amide bonds. The summed E-state index contributed by atoms with van der Waals surface area (Å²) in [6.07, 6.45) is 2.70. The first-order valence-corrected chi connectivity index (χ1v) is 6.61. The van der Waals surface area contributed by atoms with Gasteiger partial charge in [-0.05, 0) is 24.1 Å². The summed E-state index contributed by atoms with van der Waals surface area (Å²) in [5.74, 6) is 0.832. The Morgan fingerprint density at radius 2 is 1.80 bits per heavy atom. The number of rotatable bonds is 4. The second-order valence-electron chi connectivity index (χ2n) is 4.70. The van der Waals surface area contributed by atoms with Crippen LogP contribution in [0.25, 0.3) is 10.8 Å². The summed E-state index contributed by atoms with van der Waals surface area (Å²) < 4.78 is 0. The molecule has 3 N–H and O–H groups in total. The lowest BCUT2D eigenvalue weighted by Crippen LogP contribution is -2.07. The summed E-state index contributed by atoms with van der Waals surface area (Å²) in [4.78, 5) is 0. The maximum atomic E-state index is 5.67. The van der Waals surface area contributed by atoms with Crippen molar-refractivity contribution in [2.75, 3.05) is 17.6 Å². The lowest BCUT2D eigenvalue weighted by atomic mass is 10.1. The molecule has 0 fully saturated rings. The third-order valence-electron chi connectivity index (χ3n) is 3.26. The zero-order valence-corrected chi connectivity index (χ0v) is 11.1. The van der Waals surface area contributed by atoms with Crippen LogP contribution in [-0.4, -0.2) is 16.7 Å². The molecular formula is C16H16N4. The third-order valence-corrected chi connectivity index (χ3v) is 3.26. The van der Waals surface area contributed by atoms with Gasteiger partial charge in [0.05, 0.1) is 6.20 Å². The molecule has 0 saturated carbocycles. The van der Waals surface area contributed by atoms with Crippen molar-refractivity contribution in [2.45, 2.75) is 6.42 Å². The van der Waals surface area contributed by atoms with Gasteiger partial charge in [-0.25, -0.2) is 0 Å². The number of nitrogen functional groups attached to an aromatic ring is 1. The van der Waals surface area contributed by atoms with Crippen molar-refractivity contribution in [2.24, 2.45) is 0 Å². The molecule has 4 heteroatoms. The maximum Gasteiger partial charge on any atom is 0.156 e. The number of nitrogens with two attached hydrogens (primary N) is 1. The minimum Gasteiger partial charge on any atom is -0.399 e. The SMILES string of the molecule is Nc1ccc(CCNc2nncc3ccccc23)cc1. The molecule has 0 bridgehead atoms. The van der Waals surface area contributed by atoms with Gasteiger partial charge in [0.2, 0.25) is 0 Å². The van der Waals surface area contributed by atoms with E-state index in [9.17, 15) is 0 Å². The second kappa shape index (κ2) is 5.57. The Morgan fingerprint density at radius 3 is 2.65 bits per heavy atom. The maximum absolute atomic E-state index is 5.67. The smallest absolute Gasteiger partial charge is 0.156 e. The Kier molecular flexibility index (Phi) is 3.46. The first kappa shape index (κ1) is 12.4. The van der Waals surface area contributed by atoms with E-state index in [1.165, 1.54) is 5.56 Å². The highest BCUT2D eigenvalue weighted by Crippen LogP contribution is 2.19. The van der Waals surface area contributed by atoms with Crippen LogP contribution in [0.15, 0.2) is 54.7 Å². The largest absolute Gasteiger partial charge is 0.399 e. The molecule has 0 radical (unpaired) electrons. The summed E-state index contributed by atoms with van der Waals surface area (Å²) >= 11 is 0. The zero-order chi connectivity index (χ0) is 13.8. The molecule has 100 valence electrons. The molecule has 0 spiro atoms. The normalized spacial score (nSPS) is 10.6. The van der Waals surface area contributed by atoms with Crippen LogP contribution in [0.5, 0.6) is 0 Å². The van der Waals surface area contributed by atoms with Crippen molar-refractivity contribution >= 4 is 22.3 Å². The highest BCUT2D eigenvalue weighted by molar-refractivity contribution is 5.90. The van der Waals surface area contributed by atoms with Gasteiger partial charge in [0.15, 0.2) is 5.82 Å². The predicted octanol–water partition coefficient (Wildman–Crippen LogP) is 2.87. The van der Waals surface area contributed by atoms with Crippen LogP contribution in [0.1, 0.15) is 5.56 Å². The number of anilines is 2. The van der Waals surface area contributed by atoms with Gasteiger partial charge in [0.1, 0.15) is 0 Å². The van der Waals surface area contributed by atoms with Crippen molar-refractivity contribution in [1.29, 1.82) is 0 Å². The minimum absolute atomic E-state index is 0.793. The Bertz CT molecular complexity index is 702. The fourth-order valence-electron chi connectivity index (χ4n) is 2.17. The monoisotopic (exact) mass is 264 g/mol. The van der Waals surface area contributed by atoms with E-state index in [2.05, 4.69) is 21.6 Å². The quantitative estimate of drug-likeness (QED) is 0.711. The van der Waals surface area contributed by atoms with Gasteiger partial charge >= 0.3 is 0 Å². The van der Waals surface area contributed by atoms with E-state index < -0.39 is 0 Å². The average Bonchev–Trinajstić information content (AvgIpc) is 2.49. The summed E-state index contributed by atoms with van der Waals surface area (Å²) in [7, 11) is 0. The molecule has 0 aliphatic rings. The highest BCUT2D eigenvalue weighted by Gasteiger charge is 2.02. The molecule has 3 aromatic rings. The van der Waals surface area contributed by atoms with Gasteiger partial charge < -0.3 is 11.1 Å². The molecule has 0 atom stereocenters. The first-order valence-electron chi connectivity index (χ1n) is 6.61. The van der Waals surface area contributed by atoms with E-state index >= 15 is 0 Å². The van der Waals surface area contributed by atoms with Gasteiger partial charge in [-0.15, -0.1) is 5.10 Å². The molecule has 0 saturated heterocycles. The molecular weight excluding hydrogens is 248 g/mol. The first-order chi connectivity index (χ1) is 9.83. The van der Waals surface area contributed by atoms with Gasteiger partial charge in [0.25, 0.3) is 0 Å². The van der Waals surface area contributed by atoms with E-state index in [0.29, 0.717) is 0 Å². The van der Waals surface area contributed by atoms with Crippen LogP contribution in [0.4, 0.5) is 11.5 Å². The number of fused-ring (bicyclic) bond motifs is 1. The highest BCUT2D eigenvalue weighted by atomic mass is 15.2. The summed E-state index contributed by atoms with van der Waals surface area (Å²) in [5.41, 5.74) is 7.72. The minimum atomic E-state index is 0.793. The van der Waals surface area contributed by atoms with Crippen molar-refractivity contribution in [3.8, 4) is 0 Å². The van der Waals surface area contributed by atoms with Crippen molar-refractivity contribution in [3.05, 3.63) is 60.3 Å². The number of nitrogens with zero attached hydrogens (tertiary/aromatic N) is 2. The summed E-state index contributed by atoms with van der Waals surface area (Å²) in [5, 5.41) is 13.7. The van der Waals surface area contributed by atoms with Crippen LogP contribution < -0.4 is 11.1 Å².